The lowest BCUT2D eigenvalue weighted by atomic mass is 10.0. The highest BCUT2D eigenvalue weighted by Gasteiger charge is 2.33. The topological polar surface area (TPSA) is 100 Å². The summed E-state index contributed by atoms with van der Waals surface area (Å²) in [5, 5.41) is 9.65. The van der Waals surface area contributed by atoms with Gasteiger partial charge in [-0.2, -0.15) is 0 Å². The summed E-state index contributed by atoms with van der Waals surface area (Å²) in [7, 11) is -3.53. The SMILES string of the molecule is CS(=O)(=O)c1nccc(-c2ccc3c(c2)C(=O)N(C(CO)c2ccccc2)C3)n1. The molecule has 4 rings (SSSR count). The summed E-state index contributed by atoms with van der Waals surface area (Å²) in [6.45, 7) is 0.215. The van der Waals surface area contributed by atoms with Crippen LogP contribution in [0, 0.1) is 0 Å². The van der Waals surface area contributed by atoms with Crippen molar-refractivity contribution in [1.29, 1.82) is 0 Å². The quantitative estimate of drug-likeness (QED) is 0.649. The molecule has 0 radical (unpaired) electrons. The fourth-order valence-electron chi connectivity index (χ4n) is 3.47. The van der Waals surface area contributed by atoms with Crippen LogP contribution in [-0.4, -0.2) is 47.2 Å². The Morgan fingerprint density at radius 3 is 2.59 bits per heavy atom. The van der Waals surface area contributed by atoms with Crippen molar-refractivity contribution in [3.05, 3.63) is 77.5 Å². The minimum atomic E-state index is -3.53. The van der Waals surface area contributed by atoms with Crippen LogP contribution in [0.4, 0.5) is 0 Å². The van der Waals surface area contributed by atoms with Crippen molar-refractivity contribution >= 4 is 15.7 Å². The van der Waals surface area contributed by atoms with Crippen LogP contribution in [0.3, 0.4) is 0 Å². The third-order valence-electron chi connectivity index (χ3n) is 4.94. The maximum absolute atomic E-state index is 13.1. The number of amides is 1. The average Bonchev–Trinajstić information content (AvgIpc) is 3.05. The van der Waals surface area contributed by atoms with Crippen molar-refractivity contribution in [2.45, 2.75) is 17.7 Å². The monoisotopic (exact) mass is 409 g/mol. The molecular weight excluding hydrogens is 390 g/mol. The fraction of sp³-hybridized carbons (Fsp3) is 0.190. The molecule has 0 bridgehead atoms. The Balaban J connectivity index is 1.68. The first-order chi connectivity index (χ1) is 13.9. The van der Waals surface area contributed by atoms with Crippen molar-refractivity contribution in [2.75, 3.05) is 12.9 Å². The lowest BCUT2D eigenvalue weighted by Gasteiger charge is -2.26. The summed E-state index contributed by atoms with van der Waals surface area (Å²) < 4.78 is 23.5. The number of sulfone groups is 1. The van der Waals surface area contributed by atoms with Crippen molar-refractivity contribution in [1.82, 2.24) is 14.9 Å². The molecule has 1 aliphatic heterocycles. The van der Waals surface area contributed by atoms with Crippen LogP contribution in [0.15, 0.2) is 66.0 Å². The molecule has 0 spiro atoms. The molecule has 0 fully saturated rings. The third kappa shape index (κ3) is 3.64. The molecular formula is C21H19N3O4S. The lowest BCUT2D eigenvalue weighted by Crippen LogP contribution is -2.31. The molecule has 29 heavy (non-hydrogen) atoms. The maximum Gasteiger partial charge on any atom is 0.255 e. The number of benzene rings is 2. The third-order valence-corrected chi connectivity index (χ3v) is 5.80. The minimum absolute atomic E-state index is 0.179. The van der Waals surface area contributed by atoms with E-state index in [-0.39, 0.29) is 17.7 Å². The molecule has 1 aliphatic rings. The van der Waals surface area contributed by atoms with E-state index in [0.29, 0.717) is 23.4 Å². The van der Waals surface area contributed by atoms with Gasteiger partial charge in [-0.15, -0.1) is 0 Å². The van der Waals surface area contributed by atoms with Crippen LogP contribution in [0.25, 0.3) is 11.3 Å². The Kier molecular flexibility index (Phi) is 4.89. The van der Waals surface area contributed by atoms with Crippen molar-refractivity contribution in [2.24, 2.45) is 0 Å². The number of fused-ring (bicyclic) bond motifs is 1. The largest absolute Gasteiger partial charge is 0.394 e. The number of carbonyl (C=O) groups excluding carboxylic acids is 1. The van der Waals surface area contributed by atoms with Crippen molar-refractivity contribution < 1.29 is 18.3 Å². The summed E-state index contributed by atoms with van der Waals surface area (Å²) in [5.74, 6) is -0.179. The van der Waals surface area contributed by atoms with Crippen LogP contribution in [-0.2, 0) is 16.4 Å². The Labute approximate surface area is 168 Å². The molecule has 1 unspecified atom stereocenters. The highest BCUT2D eigenvalue weighted by molar-refractivity contribution is 7.90. The fourth-order valence-corrected chi connectivity index (χ4v) is 3.99. The molecule has 1 amide bonds. The summed E-state index contributed by atoms with van der Waals surface area (Å²) in [4.78, 5) is 22.6. The zero-order valence-corrected chi connectivity index (χ0v) is 16.5. The normalized spacial score (nSPS) is 14.7. The van der Waals surface area contributed by atoms with Crippen LogP contribution in [0.1, 0.15) is 27.5 Å². The number of aromatic nitrogens is 2. The maximum atomic E-state index is 13.1. The van der Waals surface area contributed by atoms with E-state index in [1.807, 2.05) is 36.4 Å². The molecule has 3 aromatic rings. The second kappa shape index (κ2) is 7.38. The van der Waals surface area contributed by atoms with Gasteiger partial charge in [-0.25, -0.2) is 18.4 Å². The van der Waals surface area contributed by atoms with Crippen molar-refractivity contribution in [3.8, 4) is 11.3 Å². The summed E-state index contributed by atoms with van der Waals surface area (Å²) >= 11 is 0. The summed E-state index contributed by atoms with van der Waals surface area (Å²) in [6.07, 6.45) is 2.44. The molecule has 0 aliphatic carbocycles. The van der Waals surface area contributed by atoms with E-state index in [4.69, 9.17) is 0 Å². The van der Waals surface area contributed by atoms with Crippen LogP contribution < -0.4 is 0 Å². The van der Waals surface area contributed by atoms with Gasteiger partial charge in [0.2, 0.25) is 15.0 Å². The highest BCUT2D eigenvalue weighted by Crippen LogP contribution is 2.33. The van der Waals surface area contributed by atoms with Gasteiger partial charge >= 0.3 is 0 Å². The molecule has 0 saturated heterocycles. The smallest absolute Gasteiger partial charge is 0.255 e. The van der Waals surface area contributed by atoms with Crippen LogP contribution in [0.2, 0.25) is 0 Å². The van der Waals surface area contributed by atoms with Gasteiger partial charge in [-0.3, -0.25) is 4.79 Å². The molecule has 7 nitrogen and oxygen atoms in total. The van der Waals surface area contributed by atoms with E-state index in [0.717, 1.165) is 17.4 Å². The molecule has 1 N–H and O–H groups in total. The van der Waals surface area contributed by atoms with E-state index < -0.39 is 15.9 Å². The average molecular weight is 409 g/mol. The molecule has 1 aromatic heterocycles. The molecule has 1 atom stereocenters. The number of nitrogens with zero attached hydrogens (tertiary/aromatic N) is 3. The van der Waals surface area contributed by atoms with E-state index in [1.165, 1.54) is 6.20 Å². The molecule has 0 saturated carbocycles. The Morgan fingerprint density at radius 2 is 1.90 bits per heavy atom. The number of aliphatic hydroxyl groups excluding tert-OH is 1. The number of aliphatic hydroxyl groups is 1. The molecule has 148 valence electrons. The van der Waals surface area contributed by atoms with Gasteiger partial charge in [0.25, 0.3) is 5.91 Å². The van der Waals surface area contributed by atoms with Gasteiger partial charge in [0.15, 0.2) is 0 Å². The van der Waals surface area contributed by atoms with Crippen LogP contribution in [0.5, 0.6) is 0 Å². The molecule has 2 aromatic carbocycles. The lowest BCUT2D eigenvalue weighted by molar-refractivity contribution is 0.0615. The van der Waals surface area contributed by atoms with Crippen molar-refractivity contribution in [3.63, 3.8) is 0 Å². The first-order valence-electron chi connectivity index (χ1n) is 9.01. The van der Waals surface area contributed by atoms with Gasteiger partial charge < -0.3 is 10.0 Å². The standard InChI is InChI=1S/C21H19N3O4S/c1-29(27,28)21-22-10-9-18(23-21)15-7-8-16-12-24(20(26)17(16)11-15)19(13-25)14-5-3-2-4-6-14/h2-11,19,25H,12-13H2,1H3. The highest BCUT2D eigenvalue weighted by atomic mass is 32.2. The predicted molar refractivity (Wildman–Crippen MR) is 107 cm³/mol. The number of rotatable bonds is 5. The minimum Gasteiger partial charge on any atom is -0.394 e. The predicted octanol–water partition coefficient (Wildman–Crippen LogP) is 2.24. The van der Waals surface area contributed by atoms with Gasteiger partial charge in [0.1, 0.15) is 0 Å². The van der Waals surface area contributed by atoms with Gasteiger partial charge in [-0.05, 0) is 23.3 Å². The molecule has 8 heteroatoms. The van der Waals surface area contributed by atoms with E-state index >= 15 is 0 Å². The second-order valence-electron chi connectivity index (χ2n) is 6.91. The van der Waals surface area contributed by atoms with E-state index in [2.05, 4.69) is 9.97 Å². The Hall–Kier alpha value is -3.10. The van der Waals surface area contributed by atoms with Gasteiger partial charge in [0.05, 0.1) is 18.3 Å². The Morgan fingerprint density at radius 1 is 1.14 bits per heavy atom. The second-order valence-corrected chi connectivity index (χ2v) is 8.82. The van der Waals surface area contributed by atoms with E-state index in [1.54, 1.807) is 23.1 Å². The first-order valence-corrected chi connectivity index (χ1v) is 10.9. The summed E-state index contributed by atoms with van der Waals surface area (Å²) in [5.41, 5.74) is 3.30. The summed E-state index contributed by atoms with van der Waals surface area (Å²) in [6, 6.07) is 15.9. The zero-order valence-electron chi connectivity index (χ0n) is 15.7. The molecule has 2 heterocycles. The van der Waals surface area contributed by atoms with Crippen LogP contribution >= 0.6 is 0 Å². The van der Waals surface area contributed by atoms with Gasteiger partial charge in [-0.1, -0.05) is 42.5 Å². The first kappa shape index (κ1) is 19.2. The number of carbonyl (C=O) groups is 1. The Bertz CT molecular complexity index is 1180. The van der Waals surface area contributed by atoms with E-state index in [9.17, 15) is 18.3 Å². The zero-order chi connectivity index (χ0) is 20.6. The van der Waals surface area contributed by atoms with Gasteiger partial charge in [0, 0.05) is 30.1 Å². The number of hydrogen-bond donors (Lipinski definition) is 1. The number of hydrogen-bond acceptors (Lipinski definition) is 6.